The van der Waals surface area contributed by atoms with Crippen molar-refractivity contribution in [2.45, 2.75) is 13.0 Å². The lowest BCUT2D eigenvalue weighted by Gasteiger charge is -2.32. The number of morpholine rings is 1. The van der Waals surface area contributed by atoms with Crippen molar-refractivity contribution in [1.82, 2.24) is 24.4 Å². The van der Waals surface area contributed by atoms with E-state index in [4.69, 9.17) is 4.74 Å². The highest BCUT2D eigenvalue weighted by atomic mass is 16.5. The molecule has 1 saturated heterocycles. The lowest BCUT2D eigenvalue weighted by molar-refractivity contribution is -0.0253. The topological polar surface area (TPSA) is 73.1 Å². The van der Waals surface area contributed by atoms with E-state index in [1.54, 1.807) is 28.1 Å². The summed E-state index contributed by atoms with van der Waals surface area (Å²) < 4.78 is 7.46. The molecule has 2 aromatic heterocycles. The van der Waals surface area contributed by atoms with Crippen LogP contribution in [0.2, 0.25) is 0 Å². The van der Waals surface area contributed by atoms with Crippen LogP contribution in [0.25, 0.3) is 0 Å². The van der Waals surface area contributed by atoms with Crippen LogP contribution in [-0.4, -0.2) is 50.0 Å². The summed E-state index contributed by atoms with van der Waals surface area (Å²) in [5.74, 6) is 1.06. The monoisotopic (exact) mass is 287 g/mol. The second-order valence-corrected chi connectivity index (χ2v) is 5.00. The summed E-state index contributed by atoms with van der Waals surface area (Å²) in [6.07, 6.45) is 4.88. The van der Waals surface area contributed by atoms with Crippen molar-refractivity contribution < 1.29 is 9.53 Å². The fourth-order valence-corrected chi connectivity index (χ4v) is 2.38. The molecule has 3 rings (SSSR count). The predicted octanol–water partition coefficient (Wildman–Crippen LogP) is 0.732. The third kappa shape index (κ3) is 2.78. The van der Waals surface area contributed by atoms with Crippen LogP contribution in [0.4, 0.5) is 0 Å². The molecule has 110 valence electrons. The van der Waals surface area contributed by atoms with Crippen LogP contribution in [0.5, 0.6) is 0 Å². The maximum absolute atomic E-state index is 12.5. The van der Waals surface area contributed by atoms with Crippen LogP contribution < -0.4 is 0 Å². The van der Waals surface area contributed by atoms with Crippen LogP contribution >= 0.6 is 0 Å². The minimum atomic E-state index is -0.218. The number of carbonyl (C=O) groups excluding carboxylic acids is 1. The van der Waals surface area contributed by atoms with Gasteiger partial charge in [-0.15, -0.1) is 0 Å². The largest absolute Gasteiger partial charge is 0.368 e. The zero-order valence-corrected chi connectivity index (χ0v) is 12.1. The van der Waals surface area contributed by atoms with Crippen molar-refractivity contribution in [2.75, 3.05) is 19.7 Å². The zero-order valence-electron chi connectivity index (χ0n) is 12.1. The van der Waals surface area contributed by atoms with Crippen LogP contribution in [0, 0.1) is 6.92 Å². The first-order valence-corrected chi connectivity index (χ1v) is 6.83. The summed E-state index contributed by atoms with van der Waals surface area (Å²) in [4.78, 5) is 26.8. The number of ether oxygens (including phenoxy) is 1. The number of aryl methyl sites for hydroxylation is 2. The summed E-state index contributed by atoms with van der Waals surface area (Å²) in [5.41, 5.74) is 0.805. The highest BCUT2D eigenvalue weighted by Crippen LogP contribution is 2.21. The van der Waals surface area contributed by atoms with E-state index in [1.165, 1.54) is 0 Å². The van der Waals surface area contributed by atoms with E-state index in [9.17, 15) is 4.79 Å². The minimum Gasteiger partial charge on any atom is -0.368 e. The number of nitrogens with zero attached hydrogens (tertiary/aromatic N) is 5. The standard InChI is InChI=1S/C14H17N5O2/c1-10-15-4-3-11(17-10)12-9-19(7-8-21-12)14(20)13-16-5-6-18(13)2/h3-6,12H,7-9H2,1-2H3. The lowest BCUT2D eigenvalue weighted by Crippen LogP contribution is -2.43. The Morgan fingerprint density at radius 1 is 1.38 bits per heavy atom. The summed E-state index contributed by atoms with van der Waals surface area (Å²) >= 11 is 0. The van der Waals surface area contributed by atoms with Gasteiger partial charge in [0.15, 0.2) is 5.82 Å². The molecule has 0 saturated carbocycles. The number of rotatable bonds is 2. The number of aromatic nitrogens is 4. The van der Waals surface area contributed by atoms with E-state index >= 15 is 0 Å². The van der Waals surface area contributed by atoms with Crippen molar-refractivity contribution in [2.24, 2.45) is 7.05 Å². The molecule has 1 fully saturated rings. The Bertz CT molecular complexity index is 654. The van der Waals surface area contributed by atoms with Gasteiger partial charge in [-0.05, 0) is 13.0 Å². The molecule has 21 heavy (non-hydrogen) atoms. The number of hydrogen-bond donors (Lipinski definition) is 0. The molecule has 0 aromatic carbocycles. The third-order valence-corrected chi connectivity index (χ3v) is 3.49. The number of carbonyl (C=O) groups is 1. The van der Waals surface area contributed by atoms with Crippen LogP contribution in [0.1, 0.15) is 28.2 Å². The fraction of sp³-hybridized carbons (Fsp3) is 0.429. The van der Waals surface area contributed by atoms with Crippen LogP contribution in [-0.2, 0) is 11.8 Å². The van der Waals surface area contributed by atoms with Gasteiger partial charge in [0.25, 0.3) is 5.91 Å². The smallest absolute Gasteiger partial charge is 0.290 e. The summed E-state index contributed by atoms with van der Waals surface area (Å²) in [6, 6.07) is 1.83. The average Bonchev–Trinajstić information content (AvgIpc) is 2.93. The van der Waals surface area contributed by atoms with Crippen molar-refractivity contribution >= 4 is 5.91 Å². The van der Waals surface area contributed by atoms with Crippen molar-refractivity contribution in [1.29, 1.82) is 0 Å². The molecule has 0 radical (unpaired) electrons. The van der Waals surface area contributed by atoms with Gasteiger partial charge in [0.05, 0.1) is 18.8 Å². The van der Waals surface area contributed by atoms with Gasteiger partial charge < -0.3 is 14.2 Å². The molecule has 0 aliphatic carbocycles. The predicted molar refractivity (Wildman–Crippen MR) is 74.6 cm³/mol. The molecule has 1 atom stereocenters. The molecule has 7 heteroatoms. The van der Waals surface area contributed by atoms with Crippen LogP contribution in [0.3, 0.4) is 0 Å². The SMILES string of the molecule is Cc1nccc(C2CN(C(=O)c3nccn3C)CCO2)n1. The average molecular weight is 287 g/mol. The molecular weight excluding hydrogens is 270 g/mol. The third-order valence-electron chi connectivity index (χ3n) is 3.49. The van der Waals surface area contributed by atoms with Gasteiger partial charge in [-0.25, -0.2) is 15.0 Å². The van der Waals surface area contributed by atoms with Crippen molar-refractivity contribution in [3.05, 3.63) is 42.0 Å². The van der Waals surface area contributed by atoms with E-state index in [0.717, 1.165) is 5.69 Å². The fourth-order valence-electron chi connectivity index (χ4n) is 2.38. The Morgan fingerprint density at radius 3 is 2.95 bits per heavy atom. The molecule has 0 N–H and O–H groups in total. The molecule has 1 aliphatic rings. The van der Waals surface area contributed by atoms with Crippen LogP contribution in [0.15, 0.2) is 24.7 Å². The quantitative estimate of drug-likeness (QED) is 0.814. The van der Waals surface area contributed by atoms with E-state index in [0.29, 0.717) is 31.3 Å². The molecule has 2 aromatic rings. The molecule has 1 aliphatic heterocycles. The molecular formula is C14H17N5O2. The maximum Gasteiger partial charge on any atom is 0.290 e. The van der Waals surface area contributed by atoms with Gasteiger partial charge in [-0.2, -0.15) is 0 Å². The van der Waals surface area contributed by atoms with Crippen molar-refractivity contribution in [3.63, 3.8) is 0 Å². The summed E-state index contributed by atoms with van der Waals surface area (Å²) in [5, 5.41) is 0. The lowest BCUT2D eigenvalue weighted by atomic mass is 10.2. The summed E-state index contributed by atoms with van der Waals surface area (Å²) in [7, 11) is 1.81. The van der Waals surface area contributed by atoms with Crippen molar-refractivity contribution in [3.8, 4) is 0 Å². The van der Waals surface area contributed by atoms with Gasteiger partial charge in [0.1, 0.15) is 11.9 Å². The summed E-state index contributed by atoms with van der Waals surface area (Å²) in [6.45, 7) is 3.36. The second kappa shape index (κ2) is 5.61. The first-order valence-electron chi connectivity index (χ1n) is 6.83. The Balaban J connectivity index is 1.77. The highest BCUT2D eigenvalue weighted by Gasteiger charge is 2.28. The van der Waals surface area contributed by atoms with E-state index in [1.807, 2.05) is 20.0 Å². The van der Waals surface area contributed by atoms with Gasteiger partial charge in [-0.3, -0.25) is 4.79 Å². The number of hydrogen-bond acceptors (Lipinski definition) is 5. The van der Waals surface area contributed by atoms with E-state index in [-0.39, 0.29) is 12.0 Å². The Morgan fingerprint density at radius 2 is 2.24 bits per heavy atom. The van der Waals surface area contributed by atoms with E-state index < -0.39 is 0 Å². The second-order valence-electron chi connectivity index (χ2n) is 5.00. The number of amides is 1. The normalized spacial score (nSPS) is 18.8. The molecule has 1 amide bonds. The molecule has 1 unspecified atom stereocenters. The van der Waals surface area contributed by atoms with Gasteiger partial charge >= 0.3 is 0 Å². The Hall–Kier alpha value is -2.28. The van der Waals surface area contributed by atoms with Gasteiger partial charge in [0, 0.05) is 32.2 Å². The zero-order chi connectivity index (χ0) is 14.8. The molecule has 0 spiro atoms. The molecule has 0 bridgehead atoms. The van der Waals surface area contributed by atoms with Gasteiger partial charge in [0.2, 0.25) is 0 Å². The first kappa shape index (κ1) is 13.7. The molecule has 7 nitrogen and oxygen atoms in total. The van der Waals surface area contributed by atoms with E-state index in [2.05, 4.69) is 15.0 Å². The first-order chi connectivity index (χ1) is 10.1. The highest BCUT2D eigenvalue weighted by molar-refractivity contribution is 5.90. The number of imidazole rings is 1. The Kier molecular flexibility index (Phi) is 3.66. The van der Waals surface area contributed by atoms with Gasteiger partial charge in [-0.1, -0.05) is 0 Å². The molecule has 3 heterocycles. The minimum absolute atomic E-state index is 0.0819. The maximum atomic E-state index is 12.5. The Labute approximate surface area is 122 Å².